The minimum atomic E-state index is -3.71. The van der Waals surface area contributed by atoms with Crippen LogP contribution in [0, 0.1) is 5.82 Å². The monoisotopic (exact) mass is 376 g/mol. The summed E-state index contributed by atoms with van der Waals surface area (Å²) in [4.78, 5) is 13.6. The normalized spacial score (nSPS) is 14.4. The van der Waals surface area contributed by atoms with Crippen molar-refractivity contribution in [2.45, 2.75) is 31.2 Å². The number of carbonyl (C=O) groups is 1. The van der Waals surface area contributed by atoms with E-state index in [1.54, 1.807) is 29.2 Å². The van der Waals surface area contributed by atoms with E-state index in [9.17, 15) is 17.6 Å². The van der Waals surface area contributed by atoms with Gasteiger partial charge in [-0.2, -0.15) is 4.31 Å². The Balaban J connectivity index is 1.88. The van der Waals surface area contributed by atoms with Crippen molar-refractivity contribution in [1.82, 2.24) is 4.31 Å². The molecule has 2 aromatic carbocycles. The summed E-state index contributed by atoms with van der Waals surface area (Å²) < 4.78 is 40.3. The van der Waals surface area contributed by atoms with E-state index in [2.05, 4.69) is 0 Å². The standard InChI is InChI=1S/C19H21FN2O3S/c1-14(23)22-10-4-6-16-12-18(8-9-19(16)22)26(24,25)21(2)13-15-5-3-7-17(20)11-15/h3,5,7-9,11-12H,4,6,10,13H2,1-2H3. The van der Waals surface area contributed by atoms with E-state index in [-0.39, 0.29) is 17.3 Å². The zero-order chi connectivity index (χ0) is 18.9. The van der Waals surface area contributed by atoms with Crippen LogP contribution in [0.1, 0.15) is 24.5 Å². The van der Waals surface area contributed by atoms with Crippen LogP contribution in [0.5, 0.6) is 0 Å². The highest BCUT2D eigenvalue weighted by Gasteiger charge is 2.25. The molecule has 0 saturated carbocycles. The predicted octanol–water partition coefficient (Wildman–Crippen LogP) is 2.95. The van der Waals surface area contributed by atoms with Gasteiger partial charge in [-0.3, -0.25) is 4.79 Å². The Labute approximate surface area is 153 Å². The zero-order valence-electron chi connectivity index (χ0n) is 14.8. The number of sulfonamides is 1. The molecule has 3 rings (SSSR count). The first-order valence-electron chi connectivity index (χ1n) is 8.41. The van der Waals surface area contributed by atoms with Crippen molar-refractivity contribution >= 4 is 21.6 Å². The van der Waals surface area contributed by atoms with Crippen LogP contribution in [0.4, 0.5) is 10.1 Å². The third kappa shape index (κ3) is 3.64. The van der Waals surface area contributed by atoms with E-state index >= 15 is 0 Å². The molecule has 0 aromatic heterocycles. The molecule has 0 spiro atoms. The van der Waals surface area contributed by atoms with E-state index in [1.807, 2.05) is 0 Å². The topological polar surface area (TPSA) is 57.7 Å². The Morgan fingerprint density at radius 2 is 2.00 bits per heavy atom. The largest absolute Gasteiger partial charge is 0.312 e. The molecular formula is C19H21FN2O3S. The van der Waals surface area contributed by atoms with Gasteiger partial charge in [-0.1, -0.05) is 12.1 Å². The third-order valence-electron chi connectivity index (χ3n) is 4.55. The van der Waals surface area contributed by atoms with Gasteiger partial charge in [-0.25, -0.2) is 12.8 Å². The smallest absolute Gasteiger partial charge is 0.243 e. The average molecular weight is 376 g/mol. The molecule has 1 aliphatic heterocycles. The van der Waals surface area contributed by atoms with Gasteiger partial charge in [0.1, 0.15) is 5.82 Å². The van der Waals surface area contributed by atoms with E-state index in [1.165, 1.54) is 36.5 Å². The maximum atomic E-state index is 13.3. The van der Waals surface area contributed by atoms with Crippen LogP contribution in [0.3, 0.4) is 0 Å². The van der Waals surface area contributed by atoms with Gasteiger partial charge in [-0.05, 0) is 54.3 Å². The first-order valence-corrected chi connectivity index (χ1v) is 9.85. The molecule has 0 aliphatic carbocycles. The number of aryl methyl sites for hydroxylation is 1. The number of hydrogen-bond acceptors (Lipinski definition) is 3. The Morgan fingerprint density at radius 3 is 2.69 bits per heavy atom. The molecule has 0 fully saturated rings. The SMILES string of the molecule is CC(=O)N1CCCc2cc(S(=O)(=O)N(C)Cc3cccc(F)c3)ccc21. The fourth-order valence-corrected chi connectivity index (χ4v) is 4.43. The van der Waals surface area contributed by atoms with E-state index in [0.717, 1.165) is 24.1 Å². The van der Waals surface area contributed by atoms with Gasteiger partial charge in [0.15, 0.2) is 0 Å². The molecule has 0 saturated heterocycles. The summed E-state index contributed by atoms with van der Waals surface area (Å²) in [6, 6.07) is 10.7. The third-order valence-corrected chi connectivity index (χ3v) is 6.35. The number of nitrogens with zero attached hydrogens (tertiary/aromatic N) is 2. The van der Waals surface area contributed by atoms with Gasteiger partial charge in [0.05, 0.1) is 4.90 Å². The van der Waals surface area contributed by atoms with Gasteiger partial charge < -0.3 is 4.90 Å². The summed E-state index contributed by atoms with van der Waals surface area (Å²) in [6.07, 6.45) is 1.53. The van der Waals surface area contributed by atoms with E-state index < -0.39 is 15.8 Å². The number of benzene rings is 2. The fraction of sp³-hybridized carbons (Fsp3) is 0.316. The number of carbonyl (C=O) groups excluding carboxylic acids is 1. The van der Waals surface area contributed by atoms with Crippen molar-refractivity contribution in [3.63, 3.8) is 0 Å². The summed E-state index contributed by atoms with van der Waals surface area (Å²) in [7, 11) is -2.24. The second kappa shape index (κ2) is 7.17. The second-order valence-electron chi connectivity index (χ2n) is 6.46. The second-order valence-corrected chi connectivity index (χ2v) is 8.50. The first kappa shape index (κ1) is 18.5. The Hall–Kier alpha value is -2.25. The van der Waals surface area contributed by atoms with Crippen LogP contribution >= 0.6 is 0 Å². The lowest BCUT2D eigenvalue weighted by Crippen LogP contribution is -2.34. The number of amides is 1. The van der Waals surface area contributed by atoms with E-state index in [4.69, 9.17) is 0 Å². The van der Waals surface area contributed by atoms with Gasteiger partial charge in [-0.15, -0.1) is 0 Å². The summed E-state index contributed by atoms with van der Waals surface area (Å²) in [5, 5.41) is 0. The number of fused-ring (bicyclic) bond motifs is 1. The van der Waals surface area contributed by atoms with Crippen LogP contribution in [0.25, 0.3) is 0 Å². The molecule has 7 heteroatoms. The summed E-state index contributed by atoms with van der Waals surface area (Å²) >= 11 is 0. The highest BCUT2D eigenvalue weighted by Crippen LogP contribution is 2.30. The van der Waals surface area contributed by atoms with Crippen molar-refractivity contribution in [2.24, 2.45) is 0 Å². The molecule has 2 aromatic rings. The lowest BCUT2D eigenvalue weighted by molar-refractivity contribution is -0.116. The lowest BCUT2D eigenvalue weighted by Gasteiger charge is -2.29. The number of anilines is 1. The number of hydrogen-bond donors (Lipinski definition) is 0. The van der Waals surface area contributed by atoms with Crippen LogP contribution in [-0.2, 0) is 27.8 Å². The van der Waals surface area contributed by atoms with Gasteiger partial charge in [0.2, 0.25) is 15.9 Å². The number of rotatable bonds is 4. The van der Waals surface area contributed by atoms with Gasteiger partial charge in [0, 0.05) is 32.7 Å². The summed E-state index contributed by atoms with van der Waals surface area (Å²) in [5.74, 6) is -0.448. The van der Waals surface area contributed by atoms with Crippen LogP contribution in [0.15, 0.2) is 47.4 Å². The number of halogens is 1. The highest BCUT2D eigenvalue weighted by molar-refractivity contribution is 7.89. The summed E-state index contributed by atoms with van der Waals surface area (Å²) in [6.45, 7) is 2.23. The predicted molar refractivity (Wildman–Crippen MR) is 97.8 cm³/mol. The Bertz CT molecular complexity index is 944. The quantitative estimate of drug-likeness (QED) is 0.824. The highest BCUT2D eigenvalue weighted by atomic mass is 32.2. The molecule has 0 unspecified atom stereocenters. The molecular weight excluding hydrogens is 355 g/mol. The molecule has 5 nitrogen and oxygen atoms in total. The average Bonchev–Trinajstić information content (AvgIpc) is 2.60. The maximum Gasteiger partial charge on any atom is 0.243 e. The van der Waals surface area contributed by atoms with Crippen molar-refractivity contribution < 1.29 is 17.6 Å². The lowest BCUT2D eigenvalue weighted by atomic mass is 10.0. The zero-order valence-corrected chi connectivity index (χ0v) is 15.6. The first-order chi connectivity index (χ1) is 12.3. The van der Waals surface area contributed by atoms with Gasteiger partial charge >= 0.3 is 0 Å². The molecule has 1 amide bonds. The van der Waals surface area contributed by atoms with Crippen LogP contribution in [-0.4, -0.2) is 32.2 Å². The van der Waals surface area contributed by atoms with Crippen molar-refractivity contribution in [3.05, 3.63) is 59.4 Å². The molecule has 0 atom stereocenters. The molecule has 26 heavy (non-hydrogen) atoms. The van der Waals surface area contributed by atoms with Crippen LogP contribution < -0.4 is 4.90 Å². The van der Waals surface area contributed by atoms with Crippen molar-refractivity contribution in [3.8, 4) is 0 Å². The van der Waals surface area contributed by atoms with Crippen LogP contribution in [0.2, 0.25) is 0 Å². The fourth-order valence-electron chi connectivity index (χ4n) is 3.22. The molecule has 0 radical (unpaired) electrons. The minimum Gasteiger partial charge on any atom is -0.312 e. The van der Waals surface area contributed by atoms with Crippen molar-refractivity contribution in [2.75, 3.05) is 18.5 Å². The molecule has 1 heterocycles. The van der Waals surface area contributed by atoms with E-state index in [0.29, 0.717) is 12.1 Å². The molecule has 1 aliphatic rings. The molecule has 0 bridgehead atoms. The molecule has 138 valence electrons. The Morgan fingerprint density at radius 1 is 1.23 bits per heavy atom. The Kier molecular flexibility index (Phi) is 5.11. The van der Waals surface area contributed by atoms with Gasteiger partial charge in [0.25, 0.3) is 0 Å². The summed E-state index contributed by atoms with van der Waals surface area (Å²) in [5.41, 5.74) is 2.21. The maximum absolute atomic E-state index is 13.3. The van der Waals surface area contributed by atoms with Crippen molar-refractivity contribution in [1.29, 1.82) is 0 Å². The molecule has 0 N–H and O–H groups in total. The minimum absolute atomic E-state index is 0.0511.